The molecule has 32 heavy (non-hydrogen) atoms. The molecule has 0 unspecified atom stereocenters. The minimum absolute atomic E-state index is 0.231. The van der Waals surface area contributed by atoms with E-state index in [1.54, 1.807) is 18.2 Å². The van der Waals surface area contributed by atoms with Crippen molar-refractivity contribution >= 4 is 27.9 Å². The van der Waals surface area contributed by atoms with Crippen molar-refractivity contribution in [3.8, 4) is 22.8 Å². The predicted molar refractivity (Wildman–Crippen MR) is 124 cm³/mol. The number of ether oxygens (including phenoxy) is 1. The van der Waals surface area contributed by atoms with Crippen LogP contribution in [0.3, 0.4) is 0 Å². The molecule has 0 aliphatic heterocycles. The Morgan fingerprint density at radius 2 is 1.72 bits per heavy atom. The standard InChI is InChI=1S/C25H18FN3O2S/c1-16-23(32-25-28-21(15-29(16)25)17-11-13-18(26)14-12-17)24(30)27-20-9-5-6-10-22(20)31-19-7-3-2-4-8-19/h2-15H,1H3,(H,27,30). The lowest BCUT2D eigenvalue weighted by molar-refractivity contribution is 0.102. The van der Waals surface area contributed by atoms with E-state index in [-0.39, 0.29) is 11.7 Å². The smallest absolute Gasteiger partial charge is 0.267 e. The van der Waals surface area contributed by atoms with Gasteiger partial charge in [0.25, 0.3) is 5.91 Å². The Balaban J connectivity index is 1.40. The molecule has 2 aromatic heterocycles. The molecule has 0 saturated heterocycles. The van der Waals surface area contributed by atoms with Gasteiger partial charge in [0.15, 0.2) is 10.7 Å². The van der Waals surface area contributed by atoms with Gasteiger partial charge >= 0.3 is 0 Å². The number of carbonyl (C=O) groups is 1. The summed E-state index contributed by atoms with van der Waals surface area (Å²) in [5, 5.41) is 2.95. The molecule has 0 radical (unpaired) electrons. The van der Waals surface area contributed by atoms with Gasteiger partial charge in [0, 0.05) is 17.5 Å². The van der Waals surface area contributed by atoms with Crippen LogP contribution in [0.1, 0.15) is 15.4 Å². The fraction of sp³-hybridized carbons (Fsp3) is 0.0400. The van der Waals surface area contributed by atoms with E-state index in [0.717, 1.165) is 17.0 Å². The van der Waals surface area contributed by atoms with Crippen molar-refractivity contribution in [2.24, 2.45) is 0 Å². The molecule has 7 heteroatoms. The number of rotatable bonds is 5. The van der Waals surface area contributed by atoms with Gasteiger partial charge in [-0.1, -0.05) is 41.7 Å². The zero-order valence-corrected chi connectivity index (χ0v) is 17.9. The first-order chi connectivity index (χ1) is 15.6. The van der Waals surface area contributed by atoms with E-state index >= 15 is 0 Å². The highest BCUT2D eigenvalue weighted by Crippen LogP contribution is 2.32. The molecule has 5 aromatic rings. The number of hydrogen-bond donors (Lipinski definition) is 1. The highest BCUT2D eigenvalue weighted by Gasteiger charge is 2.19. The lowest BCUT2D eigenvalue weighted by Crippen LogP contribution is -2.12. The summed E-state index contributed by atoms with van der Waals surface area (Å²) in [6.45, 7) is 1.88. The average Bonchev–Trinajstić information content (AvgIpc) is 3.36. The highest BCUT2D eigenvalue weighted by molar-refractivity contribution is 7.19. The van der Waals surface area contributed by atoms with Crippen LogP contribution in [0.15, 0.2) is 85.1 Å². The second-order valence-electron chi connectivity index (χ2n) is 7.17. The van der Waals surface area contributed by atoms with Crippen molar-refractivity contribution in [3.05, 3.63) is 101 Å². The number of fused-ring (bicyclic) bond motifs is 1. The molecule has 0 aliphatic rings. The quantitative estimate of drug-likeness (QED) is 0.335. The van der Waals surface area contributed by atoms with Crippen LogP contribution in [0.4, 0.5) is 10.1 Å². The molecule has 0 spiro atoms. The van der Waals surface area contributed by atoms with E-state index < -0.39 is 0 Å². The number of halogens is 1. The molecule has 2 heterocycles. The Morgan fingerprint density at radius 3 is 2.47 bits per heavy atom. The van der Waals surface area contributed by atoms with Crippen LogP contribution in [-0.2, 0) is 0 Å². The fourth-order valence-corrected chi connectivity index (χ4v) is 4.38. The van der Waals surface area contributed by atoms with Gasteiger partial charge in [0.2, 0.25) is 0 Å². The monoisotopic (exact) mass is 443 g/mol. The van der Waals surface area contributed by atoms with Gasteiger partial charge in [0.05, 0.1) is 11.4 Å². The van der Waals surface area contributed by atoms with Crippen LogP contribution in [0.25, 0.3) is 16.2 Å². The second-order valence-corrected chi connectivity index (χ2v) is 8.15. The highest BCUT2D eigenvalue weighted by atomic mass is 32.1. The van der Waals surface area contributed by atoms with Crippen LogP contribution in [-0.4, -0.2) is 15.3 Å². The van der Waals surface area contributed by atoms with Gasteiger partial charge in [-0.05, 0) is 55.5 Å². The summed E-state index contributed by atoms with van der Waals surface area (Å²) < 4.78 is 21.0. The van der Waals surface area contributed by atoms with Crippen molar-refractivity contribution in [1.82, 2.24) is 9.38 Å². The van der Waals surface area contributed by atoms with E-state index in [4.69, 9.17) is 4.74 Å². The summed E-state index contributed by atoms with van der Waals surface area (Å²) in [6.07, 6.45) is 1.86. The summed E-state index contributed by atoms with van der Waals surface area (Å²) in [5.74, 6) is 0.727. The van der Waals surface area contributed by atoms with Crippen LogP contribution in [0, 0.1) is 12.7 Å². The van der Waals surface area contributed by atoms with Crippen LogP contribution in [0.5, 0.6) is 11.5 Å². The minimum atomic E-state index is -0.290. The van der Waals surface area contributed by atoms with E-state index in [2.05, 4.69) is 10.3 Å². The summed E-state index contributed by atoms with van der Waals surface area (Å²) in [6, 6.07) is 22.9. The molecule has 0 fully saturated rings. The molecule has 158 valence electrons. The summed E-state index contributed by atoms with van der Waals surface area (Å²) >= 11 is 1.30. The molecule has 0 atom stereocenters. The second kappa shape index (κ2) is 8.28. The molecule has 5 nitrogen and oxygen atoms in total. The SMILES string of the molecule is Cc1c(C(=O)Nc2ccccc2Oc2ccccc2)sc2nc(-c3ccc(F)cc3)cn12. The van der Waals surface area contributed by atoms with Crippen molar-refractivity contribution < 1.29 is 13.9 Å². The van der Waals surface area contributed by atoms with Crippen LogP contribution < -0.4 is 10.1 Å². The Hall–Kier alpha value is -3.97. The summed E-state index contributed by atoms with van der Waals surface area (Å²) in [5.41, 5.74) is 2.91. The van der Waals surface area contributed by atoms with Gasteiger partial charge in [-0.15, -0.1) is 0 Å². The number of imidazole rings is 1. The zero-order valence-electron chi connectivity index (χ0n) is 17.1. The maximum Gasteiger partial charge on any atom is 0.267 e. The number of nitrogens with zero attached hydrogens (tertiary/aromatic N) is 2. The number of benzene rings is 3. The lowest BCUT2D eigenvalue weighted by atomic mass is 10.2. The molecule has 0 saturated carbocycles. The number of thiazole rings is 1. The molecule has 3 aromatic carbocycles. The first-order valence-electron chi connectivity index (χ1n) is 9.96. The number of amides is 1. The molecule has 0 aliphatic carbocycles. The Kier molecular flexibility index (Phi) is 5.17. The Morgan fingerprint density at radius 1 is 1.00 bits per heavy atom. The number of carbonyl (C=O) groups excluding carboxylic acids is 1. The van der Waals surface area contributed by atoms with Crippen LogP contribution in [0.2, 0.25) is 0 Å². The largest absolute Gasteiger partial charge is 0.455 e. The molecule has 5 rings (SSSR count). The average molecular weight is 444 g/mol. The summed E-state index contributed by atoms with van der Waals surface area (Å²) in [7, 11) is 0. The van der Waals surface area contributed by atoms with Crippen molar-refractivity contribution in [3.63, 3.8) is 0 Å². The van der Waals surface area contributed by atoms with Gasteiger partial charge in [0.1, 0.15) is 16.4 Å². The van der Waals surface area contributed by atoms with E-state index in [0.29, 0.717) is 27.0 Å². The molecule has 0 bridgehead atoms. The lowest BCUT2D eigenvalue weighted by Gasteiger charge is -2.12. The first kappa shape index (κ1) is 20.0. The number of anilines is 1. The van der Waals surface area contributed by atoms with Gasteiger partial charge in [-0.25, -0.2) is 9.37 Å². The molecule has 1 N–H and O–H groups in total. The zero-order chi connectivity index (χ0) is 22.1. The molecule has 1 amide bonds. The Bertz CT molecular complexity index is 1410. The third kappa shape index (κ3) is 3.86. The number of nitrogens with one attached hydrogen (secondary N) is 1. The van der Waals surface area contributed by atoms with Crippen molar-refractivity contribution in [2.75, 3.05) is 5.32 Å². The predicted octanol–water partition coefficient (Wildman–Crippen LogP) is 6.55. The maximum atomic E-state index is 13.2. The maximum absolute atomic E-state index is 13.2. The topological polar surface area (TPSA) is 55.6 Å². The van der Waals surface area contributed by atoms with Crippen LogP contribution >= 0.6 is 11.3 Å². The fourth-order valence-electron chi connectivity index (χ4n) is 3.37. The molecular weight excluding hydrogens is 425 g/mol. The Labute approximate surface area is 187 Å². The number of hydrogen-bond acceptors (Lipinski definition) is 4. The van der Waals surface area contributed by atoms with Crippen molar-refractivity contribution in [1.29, 1.82) is 0 Å². The first-order valence-corrected chi connectivity index (χ1v) is 10.8. The number of aromatic nitrogens is 2. The van der Waals surface area contributed by atoms with Gasteiger partial charge in [-0.2, -0.15) is 0 Å². The molecular formula is C25H18FN3O2S. The van der Waals surface area contributed by atoms with Gasteiger partial charge in [-0.3, -0.25) is 9.20 Å². The number of aryl methyl sites for hydroxylation is 1. The van der Waals surface area contributed by atoms with Crippen molar-refractivity contribution in [2.45, 2.75) is 6.92 Å². The van der Waals surface area contributed by atoms with Gasteiger partial charge < -0.3 is 10.1 Å². The normalized spacial score (nSPS) is 10.9. The van der Waals surface area contributed by atoms with E-state index in [1.807, 2.05) is 66.1 Å². The van der Waals surface area contributed by atoms with E-state index in [9.17, 15) is 9.18 Å². The third-order valence-corrected chi connectivity index (χ3v) is 6.16. The number of para-hydroxylation sites is 3. The minimum Gasteiger partial charge on any atom is -0.455 e. The third-order valence-electron chi connectivity index (χ3n) is 5.01. The summed E-state index contributed by atoms with van der Waals surface area (Å²) in [4.78, 5) is 18.9. The van der Waals surface area contributed by atoms with E-state index in [1.165, 1.54) is 23.5 Å².